The van der Waals surface area contributed by atoms with E-state index < -0.39 is 11.6 Å². The molecule has 2 heterocycles. The van der Waals surface area contributed by atoms with Gasteiger partial charge in [-0.15, -0.1) is 0 Å². The summed E-state index contributed by atoms with van der Waals surface area (Å²) in [5.74, 6) is -1.16. The maximum absolute atomic E-state index is 13.3. The topological polar surface area (TPSA) is 46.5 Å². The predicted molar refractivity (Wildman–Crippen MR) is 76.1 cm³/mol. The van der Waals surface area contributed by atoms with Gasteiger partial charge in [0.2, 0.25) is 0 Å². The molecule has 4 nitrogen and oxygen atoms in total. The van der Waals surface area contributed by atoms with E-state index in [4.69, 9.17) is 12.2 Å². The van der Waals surface area contributed by atoms with Gasteiger partial charge in [-0.2, -0.15) is 5.10 Å². The molecule has 0 bridgehead atoms. The van der Waals surface area contributed by atoms with Crippen LogP contribution in [0.4, 0.5) is 8.78 Å². The van der Waals surface area contributed by atoms with Crippen molar-refractivity contribution >= 4 is 12.2 Å². The number of H-pyrrole nitrogens is 1. The SMILES string of the molecule is Fc1ccc(Cn2c(-c3cccnc3)n[nH]c2=S)cc1F. The molecule has 0 saturated heterocycles. The summed E-state index contributed by atoms with van der Waals surface area (Å²) in [6.45, 7) is 0.288. The van der Waals surface area contributed by atoms with Crippen LogP contribution in [0.25, 0.3) is 11.4 Å². The lowest BCUT2D eigenvalue weighted by Crippen LogP contribution is -2.03. The molecule has 3 rings (SSSR count). The van der Waals surface area contributed by atoms with E-state index in [0.717, 1.165) is 17.7 Å². The van der Waals surface area contributed by atoms with Crippen LogP contribution in [-0.4, -0.2) is 19.7 Å². The first kappa shape index (κ1) is 13.6. The molecule has 0 aliphatic carbocycles. The zero-order valence-electron chi connectivity index (χ0n) is 10.8. The Labute approximate surface area is 124 Å². The van der Waals surface area contributed by atoms with E-state index in [2.05, 4.69) is 15.2 Å². The van der Waals surface area contributed by atoms with Crippen LogP contribution >= 0.6 is 12.2 Å². The van der Waals surface area contributed by atoms with Crippen LogP contribution in [0.3, 0.4) is 0 Å². The number of aromatic amines is 1. The second-order valence-corrected chi connectivity index (χ2v) is 4.82. The molecule has 1 N–H and O–H groups in total. The van der Waals surface area contributed by atoms with E-state index in [0.29, 0.717) is 16.2 Å². The number of nitrogens with one attached hydrogen (secondary N) is 1. The Morgan fingerprint density at radius 3 is 2.76 bits per heavy atom. The van der Waals surface area contributed by atoms with Crippen LogP contribution in [-0.2, 0) is 6.54 Å². The van der Waals surface area contributed by atoms with Gasteiger partial charge in [0.05, 0.1) is 6.54 Å². The third kappa shape index (κ3) is 2.73. The maximum atomic E-state index is 13.3. The van der Waals surface area contributed by atoms with Gasteiger partial charge in [0.1, 0.15) is 0 Å². The number of benzene rings is 1. The summed E-state index contributed by atoms with van der Waals surface area (Å²) in [6, 6.07) is 7.39. The Morgan fingerprint density at radius 1 is 1.19 bits per heavy atom. The molecule has 0 aliphatic rings. The highest BCUT2D eigenvalue weighted by Crippen LogP contribution is 2.18. The standard InChI is InChI=1S/C14H10F2N4S/c15-11-4-3-9(6-12(11)16)8-20-13(18-19-14(20)21)10-2-1-5-17-7-10/h1-7H,8H2,(H,19,21). The van der Waals surface area contributed by atoms with Crippen molar-refractivity contribution in [1.82, 2.24) is 19.7 Å². The Kier molecular flexibility index (Phi) is 3.57. The highest BCUT2D eigenvalue weighted by Gasteiger charge is 2.10. The van der Waals surface area contributed by atoms with Gasteiger partial charge in [-0.05, 0) is 42.0 Å². The van der Waals surface area contributed by atoms with Crippen LogP contribution < -0.4 is 0 Å². The normalized spacial score (nSPS) is 10.8. The summed E-state index contributed by atoms with van der Waals surface area (Å²) >= 11 is 5.19. The average molecular weight is 304 g/mol. The van der Waals surface area contributed by atoms with Gasteiger partial charge in [0, 0.05) is 18.0 Å². The van der Waals surface area contributed by atoms with Gasteiger partial charge in [-0.3, -0.25) is 14.6 Å². The van der Waals surface area contributed by atoms with Gasteiger partial charge in [-0.1, -0.05) is 6.07 Å². The zero-order chi connectivity index (χ0) is 14.8. The Bertz CT molecular complexity index is 826. The summed E-state index contributed by atoms with van der Waals surface area (Å²) in [4.78, 5) is 4.03. The minimum atomic E-state index is -0.884. The summed E-state index contributed by atoms with van der Waals surface area (Å²) in [5, 5.41) is 6.86. The summed E-state index contributed by atoms with van der Waals surface area (Å²) in [5.41, 5.74) is 1.38. The third-order valence-electron chi connectivity index (χ3n) is 3.00. The van der Waals surface area contributed by atoms with Crippen molar-refractivity contribution in [2.75, 3.05) is 0 Å². The highest BCUT2D eigenvalue weighted by molar-refractivity contribution is 7.71. The van der Waals surface area contributed by atoms with Gasteiger partial charge in [-0.25, -0.2) is 8.78 Å². The minimum Gasteiger partial charge on any atom is -0.296 e. The first-order chi connectivity index (χ1) is 10.1. The molecule has 3 aromatic rings. The second kappa shape index (κ2) is 5.53. The molecule has 7 heteroatoms. The fourth-order valence-electron chi connectivity index (χ4n) is 2.00. The molecule has 0 saturated carbocycles. The second-order valence-electron chi connectivity index (χ2n) is 4.43. The summed E-state index contributed by atoms with van der Waals surface area (Å²) in [6.07, 6.45) is 3.32. The van der Waals surface area contributed by atoms with Gasteiger partial charge < -0.3 is 0 Å². The zero-order valence-corrected chi connectivity index (χ0v) is 11.6. The van der Waals surface area contributed by atoms with E-state index in [9.17, 15) is 8.78 Å². The van der Waals surface area contributed by atoms with E-state index in [1.54, 1.807) is 23.0 Å². The molecular formula is C14H10F2N4S. The number of halogens is 2. The molecule has 0 aliphatic heterocycles. The molecule has 0 amide bonds. The van der Waals surface area contributed by atoms with E-state index in [-0.39, 0.29) is 6.54 Å². The van der Waals surface area contributed by atoms with Gasteiger partial charge >= 0.3 is 0 Å². The molecular weight excluding hydrogens is 294 g/mol. The number of hydrogen-bond donors (Lipinski definition) is 1. The fourth-order valence-corrected chi connectivity index (χ4v) is 2.20. The number of hydrogen-bond acceptors (Lipinski definition) is 3. The monoisotopic (exact) mass is 304 g/mol. The molecule has 0 fully saturated rings. The molecule has 106 valence electrons. The Morgan fingerprint density at radius 2 is 2.05 bits per heavy atom. The van der Waals surface area contributed by atoms with Crippen molar-refractivity contribution in [3.63, 3.8) is 0 Å². The van der Waals surface area contributed by atoms with Crippen molar-refractivity contribution in [3.05, 3.63) is 64.7 Å². The van der Waals surface area contributed by atoms with E-state index in [1.165, 1.54) is 6.07 Å². The molecule has 0 unspecified atom stereocenters. The van der Waals surface area contributed by atoms with Crippen LogP contribution in [0.5, 0.6) is 0 Å². The number of pyridine rings is 1. The lowest BCUT2D eigenvalue weighted by atomic mass is 10.2. The van der Waals surface area contributed by atoms with Crippen LogP contribution in [0.1, 0.15) is 5.56 Å². The Balaban J connectivity index is 2.01. The van der Waals surface area contributed by atoms with E-state index in [1.807, 2.05) is 6.07 Å². The third-order valence-corrected chi connectivity index (χ3v) is 3.31. The van der Waals surface area contributed by atoms with Crippen molar-refractivity contribution in [2.24, 2.45) is 0 Å². The van der Waals surface area contributed by atoms with Crippen molar-refractivity contribution in [3.8, 4) is 11.4 Å². The van der Waals surface area contributed by atoms with Crippen LogP contribution in [0, 0.1) is 16.4 Å². The highest BCUT2D eigenvalue weighted by atomic mass is 32.1. The largest absolute Gasteiger partial charge is 0.296 e. The van der Waals surface area contributed by atoms with Crippen molar-refractivity contribution in [2.45, 2.75) is 6.54 Å². The maximum Gasteiger partial charge on any atom is 0.195 e. The van der Waals surface area contributed by atoms with Gasteiger partial charge in [0.25, 0.3) is 0 Å². The lowest BCUT2D eigenvalue weighted by Gasteiger charge is -2.07. The molecule has 0 spiro atoms. The molecule has 0 radical (unpaired) electrons. The minimum absolute atomic E-state index is 0.288. The van der Waals surface area contributed by atoms with Crippen molar-refractivity contribution in [1.29, 1.82) is 0 Å². The quantitative estimate of drug-likeness (QED) is 0.755. The first-order valence-corrected chi connectivity index (χ1v) is 6.55. The average Bonchev–Trinajstić information content (AvgIpc) is 2.85. The van der Waals surface area contributed by atoms with Crippen molar-refractivity contribution < 1.29 is 8.78 Å². The van der Waals surface area contributed by atoms with Crippen LogP contribution in [0.15, 0.2) is 42.7 Å². The van der Waals surface area contributed by atoms with E-state index >= 15 is 0 Å². The molecule has 0 atom stereocenters. The number of nitrogens with zero attached hydrogens (tertiary/aromatic N) is 3. The number of aromatic nitrogens is 4. The predicted octanol–water partition coefficient (Wildman–Crippen LogP) is 3.33. The van der Waals surface area contributed by atoms with Crippen LogP contribution in [0.2, 0.25) is 0 Å². The lowest BCUT2D eigenvalue weighted by molar-refractivity contribution is 0.506. The Hall–Kier alpha value is -2.41. The summed E-state index contributed by atoms with van der Waals surface area (Å²) < 4.78 is 28.4. The molecule has 2 aromatic heterocycles. The van der Waals surface area contributed by atoms with Gasteiger partial charge in [0.15, 0.2) is 22.2 Å². The number of rotatable bonds is 3. The molecule has 1 aromatic carbocycles. The molecule has 21 heavy (non-hydrogen) atoms. The smallest absolute Gasteiger partial charge is 0.195 e. The summed E-state index contributed by atoms with van der Waals surface area (Å²) in [7, 11) is 0. The first-order valence-electron chi connectivity index (χ1n) is 6.14. The fraction of sp³-hybridized carbons (Fsp3) is 0.0714.